The third kappa shape index (κ3) is 2.42. The number of anilines is 2. The summed E-state index contributed by atoms with van der Waals surface area (Å²) in [6.07, 6.45) is 4.54. The molecule has 0 aliphatic carbocycles. The number of nitrogens with zero attached hydrogens (tertiary/aromatic N) is 1. The molecule has 1 aromatic rings. The van der Waals surface area contributed by atoms with Crippen LogP contribution >= 0.6 is 0 Å². The average molecular weight is 248 g/mol. The molecule has 1 saturated heterocycles. The van der Waals surface area contributed by atoms with E-state index in [9.17, 15) is 9.90 Å². The van der Waals surface area contributed by atoms with E-state index in [2.05, 4.69) is 11.8 Å². The fraction of sp³-hybridized carbons (Fsp3) is 0.500. The van der Waals surface area contributed by atoms with E-state index in [1.165, 1.54) is 6.42 Å². The molecular weight excluding hydrogens is 228 g/mol. The standard InChI is InChI=1S/C14H20N2O2/c1-2-11-5-3-4-8-16(11)13-7-6-10(15)9-12(13)14(17)18/h6-7,9,11H,2-5,8,15H2,1H3,(H,17,18). The zero-order valence-electron chi connectivity index (χ0n) is 10.7. The molecule has 4 nitrogen and oxygen atoms in total. The molecule has 4 heteroatoms. The maximum atomic E-state index is 11.3. The van der Waals surface area contributed by atoms with Crippen molar-refractivity contribution >= 4 is 17.3 Å². The van der Waals surface area contributed by atoms with E-state index in [-0.39, 0.29) is 0 Å². The lowest BCUT2D eigenvalue weighted by Gasteiger charge is -2.38. The Kier molecular flexibility index (Phi) is 3.75. The smallest absolute Gasteiger partial charge is 0.337 e. The minimum absolute atomic E-state index is 0.315. The summed E-state index contributed by atoms with van der Waals surface area (Å²) < 4.78 is 0. The van der Waals surface area contributed by atoms with Crippen molar-refractivity contribution in [3.63, 3.8) is 0 Å². The Morgan fingerprint density at radius 2 is 2.28 bits per heavy atom. The van der Waals surface area contributed by atoms with Gasteiger partial charge in [-0.05, 0) is 43.9 Å². The van der Waals surface area contributed by atoms with Gasteiger partial charge in [0.1, 0.15) is 0 Å². The SMILES string of the molecule is CCC1CCCCN1c1ccc(N)cc1C(=O)O. The topological polar surface area (TPSA) is 66.6 Å². The number of benzene rings is 1. The molecule has 0 radical (unpaired) electrons. The quantitative estimate of drug-likeness (QED) is 0.807. The van der Waals surface area contributed by atoms with E-state index in [0.717, 1.165) is 31.5 Å². The van der Waals surface area contributed by atoms with Gasteiger partial charge in [0.15, 0.2) is 0 Å². The van der Waals surface area contributed by atoms with Gasteiger partial charge in [0, 0.05) is 18.3 Å². The third-order valence-corrected chi connectivity index (χ3v) is 3.66. The first-order valence-corrected chi connectivity index (χ1v) is 6.53. The fourth-order valence-electron chi connectivity index (χ4n) is 2.72. The molecule has 0 aromatic heterocycles. The van der Waals surface area contributed by atoms with Crippen molar-refractivity contribution in [1.82, 2.24) is 0 Å². The number of hydrogen-bond acceptors (Lipinski definition) is 3. The number of carboxylic acid groups (broad SMARTS) is 1. The molecular formula is C14H20N2O2. The van der Waals surface area contributed by atoms with E-state index < -0.39 is 5.97 Å². The third-order valence-electron chi connectivity index (χ3n) is 3.66. The molecule has 18 heavy (non-hydrogen) atoms. The van der Waals surface area contributed by atoms with Gasteiger partial charge in [-0.1, -0.05) is 6.92 Å². The predicted octanol–water partition coefficient (Wildman–Crippen LogP) is 2.74. The van der Waals surface area contributed by atoms with Crippen LogP contribution in [0.25, 0.3) is 0 Å². The van der Waals surface area contributed by atoms with Crippen LogP contribution in [0.2, 0.25) is 0 Å². The van der Waals surface area contributed by atoms with Gasteiger partial charge in [-0.15, -0.1) is 0 Å². The maximum absolute atomic E-state index is 11.3. The summed E-state index contributed by atoms with van der Waals surface area (Å²) in [6.45, 7) is 3.09. The normalized spacial score (nSPS) is 19.8. The van der Waals surface area contributed by atoms with Gasteiger partial charge >= 0.3 is 5.97 Å². The van der Waals surface area contributed by atoms with E-state index in [1.54, 1.807) is 12.1 Å². The van der Waals surface area contributed by atoms with E-state index >= 15 is 0 Å². The van der Waals surface area contributed by atoms with E-state index in [0.29, 0.717) is 17.3 Å². The Morgan fingerprint density at radius 3 is 2.94 bits per heavy atom. The second kappa shape index (κ2) is 5.29. The van der Waals surface area contributed by atoms with Crippen LogP contribution in [-0.2, 0) is 0 Å². The summed E-state index contributed by atoms with van der Waals surface area (Å²) in [5.74, 6) is -0.905. The summed E-state index contributed by atoms with van der Waals surface area (Å²) in [6, 6.07) is 5.62. The van der Waals surface area contributed by atoms with Crippen molar-refractivity contribution in [3.05, 3.63) is 23.8 Å². The highest BCUT2D eigenvalue weighted by Crippen LogP contribution is 2.30. The number of carbonyl (C=O) groups is 1. The number of piperidine rings is 1. The highest BCUT2D eigenvalue weighted by atomic mass is 16.4. The summed E-state index contributed by atoms with van der Waals surface area (Å²) in [4.78, 5) is 13.6. The van der Waals surface area contributed by atoms with Gasteiger partial charge < -0.3 is 15.7 Å². The maximum Gasteiger partial charge on any atom is 0.337 e. The van der Waals surface area contributed by atoms with E-state index in [1.807, 2.05) is 6.07 Å². The lowest BCUT2D eigenvalue weighted by molar-refractivity contribution is 0.0697. The number of aromatic carboxylic acids is 1. The van der Waals surface area contributed by atoms with Crippen molar-refractivity contribution in [2.45, 2.75) is 38.6 Å². The Hall–Kier alpha value is -1.71. The highest BCUT2D eigenvalue weighted by molar-refractivity contribution is 5.95. The molecule has 1 aromatic carbocycles. The van der Waals surface area contributed by atoms with Gasteiger partial charge in [0.25, 0.3) is 0 Å². The lowest BCUT2D eigenvalue weighted by Crippen LogP contribution is -2.40. The molecule has 1 fully saturated rings. The molecule has 0 bridgehead atoms. The Morgan fingerprint density at radius 1 is 1.50 bits per heavy atom. The highest BCUT2D eigenvalue weighted by Gasteiger charge is 2.24. The lowest BCUT2D eigenvalue weighted by atomic mass is 9.98. The molecule has 0 amide bonds. The summed E-state index contributed by atoms with van der Waals surface area (Å²) >= 11 is 0. The van der Waals surface area contributed by atoms with Gasteiger partial charge in [-0.2, -0.15) is 0 Å². The van der Waals surface area contributed by atoms with Crippen LogP contribution in [0.1, 0.15) is 43.0 Å². The van der Waals surface area contributed by atoms with Crippen molar-refractivity contribution in [2.75, 3.05) is 17.2 Å². The summed E-state index contributed by atoms with van der Waals surface area (Å²) in [5.41, 5.74) is 7.30. The summed E-state index contributed by atoms with van der Waals surface area (Å²) in [5, 5.41) is 9.30. The monoisotopic (exact) mass is 248 g/mol. The molecule has 3 N–H and O–H groups in total. The van der Waals surface area contributed by atoms with Crippen molar-refractivity contribution < 1.29 is 9.90 Å². The van der Waals surface area contributed by atoms with E-state index in [4.69, 9.17) is 5.73 Å². The van der Waals surface area contributed by atoms with Crippen LogP contribution in [0.15, 0.2) is 18.2 Å². The first-order chi connectivity index (χ1) is 8.63. The van der Waals surface area contributed by atoms with Gasteiger partial charge in [0.05, 0.1) is 11.3 Å². The number of nitrogens with two attached hydrogens (primary N) is 1. The van der Waals surface area contributed by atoms with Gasteiger partial charge in [-0.3, -0.25) is 0 Å². The molecule has 1 aliphatic rings. The Balaban J connectivity index is 2.39. The second-order valence-corrected chi connectivity index (χ2v) is 4.83. The average Bonchev–Trinajstić information content (AvgIpc) is 2.38. The molecule has 1 unspecified atom stereocenters. The minimum Gasteiger partial charge on any atom is -0.478 e. The Labute approximate surface area is 107 Å². The first-order valence-electron chi connectivity index (χ1n) is 6.53. The van der Waals surface area contributed by atoms with Crippen LogP contribution in [0, 0.1) is 0 Å². The molecule has 0 saturated carbocycles. The molecule has 1 atom stereocenters. The number of carboxylic acids is 1. The van der Waals surface area contributed by atoms with Crippen LogP contribution in [0.4, 0.5) is 11.4 Å². The Bertz CT molecular complexity index is 445. The van der Waals surface area contributed by atoms with Crippen molar-refractivity contribution in [2.24, 2.45) is 0 Å². The van der Waals surface area contributed by atoms with Crippen LogP contribution in [0.3, 0.4) is 0 Å². The van der Waals surface area contributed by atoms with Gasteiger partial charge in [-0.25, -0.2) is 4.79 Å². The number of hydrogen-bond donors (Lipinski definition) is 2. The van der Waals surface area contributed by atoms with Crippen molar-refractivity contribution in [1.29, 1.82) is 0 Å². The minimum atomic E-state index is -0.905. The predicted molar refractivity (Wildman–Crippen MR) is 73.1 cm³/mol. The second-order valence-electron chi connectivity index (χ2n) is 4.83. The largest absolute Gasteiger partial charge is 0.478 e. The molecule has 1 heterocycles. The number of rotatable bonds is 3. The zero-order chi connectivity index (χ0) is 13.1. The van der Waals surface area contributed by atoms with Gasteiger partial charge in [0.2, 0.25) is 0 Å². The van der Waals surface area contributed by atoms with Crippen molar-refractivity contribution in [3.8, 4) is 0 Å². The van der Waals surface area contributed by atoms with Crippen LogP contribution in [0.5, 0.6) is 0 Å². The molecule has 1 aliphatic heterocycles. The number of nitrogen functional groups attached to an aromatic ring is 1. The molecule has 0 spiro atoms. The van der Waals surface area contributed by atoms with Crippen LogP contribution in [-0.4, -0.2) is 23.7 Å². The fourth-order valence-corrected chi connectivity index (χ4v) is 2.72. The van der Waals surface area contributed by atoms with Crippen LogP contribution < -0.4 is 10.6 Å². The zero-order valence-corrected chi connectivity index (χ0v) is 10.7. The molecule has 98 valence electrons. The molecule has 2 rings (SSSR count). The summed E-state index contributed by atoms with van der Waals surface area (Å²) in [7, 11) is 0. The first kappa shape index (κ1) is 12.7.